The molecule has 1 fully saturated rings. The fraction of sp³-hybridized carbons (Fsp3) is 0.321. The van der Waals surface area contributed by atoms with Gasteiger partial charge in [0, 0.05) is 55.5 Å². The van der Waals surface area contributed by atoms with Gasteiger partial charge in [-0.3, -0.25) is 9.59 Å². The van der Waals surface area contributed by atoms with Gasteiger partial charge in [0.2, 0.25) is 0 Å². The minimum absolute atomic E-state index is 0.109. The third-order valence-corrected chi connectivity index (χ3v) is 7.19. The number of benzene rings is 1. The summed E-state index contributed by atoms with van der Waals surface area (Å²) in [6.07, 6.45) is -0.628. The van der Waals surface area contributed by atoms with Gasteiger partial charge in [0.1, 0.15) is 40.6 Å². The van der Waals surface area contributed by atoms with Gasteiger partial charge in [-0.05, 0) is 31.2 Å². The molecular weight excluding hydrogens is 595 g/mol. The van der Waals surface area contributed by atoms with Crippen LogP contribution in [-0.4, -0.2) is 73.9 Å². The molecule has 0 unspecified atom stereocenters. The molecule has 0 aliphatic carbocycles. The average molecular weight is 621 g/mol. The van der Waals surface area contributed by atoms with E-state index in [4.69, 9.17) is 4.74 Å². The van der Waals surface area contributed by atoms with Gasteiger partial charge in [0.15, 0.2) is 0 Å². The van der Waals surface area contributed by atoms with Crippen LogP contribution in [0.5, 0.6) is 0 Å². The number of nitrogens with zero attached hydrogens (tertiary/aromatic N) is 5. The van der Waals surface area contributed by atoms with E-state index in [1.165, 1.54) is 33.5 Å². The molecule has 1 aromatic carbocycles. The van der Waals surface area contributed by atoms with E-state index in [1.54, 1.807) is 20.2 Å². The van der Waals surface area contributed by atoms with Crippen LogP contribution in [-0.2, 0) is 23.0 Å². The topological polar surface area (TPSA) is 131 Å². The van der Waals surface area contributed by atoms with Gasteiger partial charge in [-0.15, -0.1) is 0 Å². The highest BCUT2D eigenvalue weighted by Gasteiger charge is 2.46. The molecule has 0 saturated carbocycles. The van der Waals surface area contributed by atoms with Crippen LogP contribution in [0.1, 0.15) is 21.7 Å². The molecule has 16 heteroatoms. The SMILES string of the molecule is Cc1cn(C)c(=O)c(-c2ccc(C[C@H](NC(=O)c3c(F)cc(N4CCOC[C@@H]4C(F)(F)F)cc3F)C(=O)O)n3ccnc23)n1. The molecular formula is C28H25F5N6O5. The van der Waals surface area contributed by atoms with Gasteiger partial charge >= 0.3 is 12.1 Å². The number of morpholine rings is 1. The van der Waals surface area contributed by atoms with Gasteiger partial charge in [-0.1, -0.05) is 0 Å². The normalized spacial score (nSPS) is 16.2. The molecule has 44 heavy (non-hydrogen) atoms. The number of ether oxygens (including phenoxy) is 1. The Morgan fingerprint density at radius 1 is 1.20 bits per heavy atom. The van der Waals surface area contributed by atoms with Crippen molar-refractivity contribution in [3.8, 4) is 11.3 Å². The first kappa shape index (κ1) is 30.6. The van der Waals surface area contributed by atoms with E-state index < -0.39 is 59.6 Å². The number of aromatic nitrogens is 4. The predicted octanol–water partition coefficient (Wildman–Crippen LogP) is 2.87. The quantitative estimate of drug-likeness (QED) is 0.302. The zero-order chi connectivity index (χ0) is 31.9. The summed E-state index contributed by atoms with van der Waals surface area (Å²) in [5.41, 5.74) is -0.327. The number of amides is 1. The van der Waals surface area contributed by atoms with Gasteiger partial charge in [-0.25, -0.2) is 23.5 Å². The Bertz CT molecular complexity index is 1800. The first-order valence-corrected chi connectivity index (χ1v) is 13.2. The third-order valence-electron chi connectivity index (χ3n) is 7.19. The van der Waals surface area contributed by atoms with Crippen LogP contribution in [0.4, 0.5) is 27.6 Å². The monoisotopic (exact) mass is 620 g/mol. The summed E-state index contributed by atoms with van der Waals surface area (Å²) in [4.78, 5) is 47.1. The highest BCUT2D eigenvalue weighted by atomic mass is 19.4. The summed E-state index contributed by atoms with van der Waals surface area (Å²) in [6, 6.07) is 0.382. The highest BCUT2D eigenvalue weighted by molar-refractivity contribution is 5.97. The number of aryl methyl sites for hydroxylation is 2. The van der Waals surface area contributed by atoms with Crippen molar-refractivity contribution >= 4 is 23.2 Å². The van der Waals surface area contributed by atoms with Crippen molar-refractivity contribution in [3.63, 3.8) is 0 Å². The molecule has 1 aliphatic heterocycles. The van der Waals surface area contributed by atoms with Gasteiger partial charge < -0.3 is 29.0 Å². The lowest BCUT2D eigenvalue weighted by molar-refractivity contribution is -0.167. The largest absolute Gasteiger partial charge is 0.480 e. The number of imidazole rings is 1. The summed E-state index contributed by atoms with van der Waals surface area (Å²) < 4.78 is 78.2. The molecule has 4 heterocycles. The van der Waals surface area contributed by atoms with E-state index in [9.17, 15) is 32.7 Å². The molecule has 2 N–H and O–H groups in total. The fourth-order valence-corrected chi connectivity index (χ4v) is 5.12. The first-order chi connectivity index (χ1) is 20.8. The highest BCUT2D eigenvalue weighted by Crippen LogP contribution is 2.33. The molecule has 0 spiro atoms. The van der Waals surface area contributed by atoms with Gasteiger partial charge in [-0.2, -0.15) is 13.2 Å². The molecule has 232 valence electrons. The molecule has 0 radical (unpaired) electrons. The van der Waals surface area contributed by atoms with E-state index in [1.807, 2.05) is 0 Å². The number of hydrogen-bond donors (Lipinski definition) is 2. The molecule has 1 aliphatic rings. The van der Waals surface area contributed by atoms with Crippen LogP contribution in [0.15, 0.2) is 47.7 Å². The molecule has 3 aromatic heterocycles. The summed E-state index contributed by atoms with van der Waals surface area (Å²) in [5, 5.41) is 11.9. The Hall–Kier alpha value is -4.86. The summed E-state index contributed by atoms with van der Waals surface area (Å²) in [7, 11) is 1.57. The van der Waals surface area contributed by atoms with Crippen LogP contribution >= 0.6 is 0 Å². The predicted molar refractivity (Wildman–Crippen MR) is 145 cm³/mol. The van der Waals surface area contributed by atoms with Crippen molar-refractivity contribution < 1.29 is 41.4 Å². The number of carbonyl (C=O) groups excluding carboxylic acids is 1. The maximum absolute atomic E-state index is 15.0. The zero-order valence-corrected chi connectivity index (χ0v) is 23.2. The Morgan fingerprint density at radius 3 is 2.57 bits per heavy atom. The van der Waals surface area contributed by atoms with Crippen LogP contribution in [0.3, 0.4) is 0 Å². The lowest BCUT2D eigenvalue weighted by atomic mass is 10.1. The van der Waals surface area contributed by atoms with Crippen molar-refractivity contribution in [1.29, 1.82) is 0 Å². The number of pyridine rings is 1. The Labute approximate surface area is 245 Å². The van der Waals surface area contributed by atoms with Crippen molar-refractivity contribution in [3.05, 3.63) is 81.8 Å². The van der Waals surface area contributed by atoms with E-state index in [0.717, 1.165) is 4.90 Å². The maximum atomic E-state index is 15.0. The van der Waals surface area contributed by atoms with Gasteiger partial charge in [0.25, 0.3) is 11.5 Å². The summed E-state index contributed by atoms with van der Waals surface area (Å²) in [5.74, 6) is -5.88. The zero-order valence-electron chi connectivity index (χ0n) is 23.2. The fourth-order valence-electron chi connectivity index (χ4n) is 5.12. The Balaban J connectivity index is 1.41. The molecule has 11 nitrogen and oxygen atoms in total. The van der Waals surface area contributed by atoms with Crippen LogP contribution in [0, 0.1) is 18.6 Å². The molecule has 5 rings (SSSR count). The number of carbonyl (C=O) groups is 2. The van der Waals surface area contributed by atoms with Crippen LogP contribution in [0.25, 0.3) is 16.9 Å². The number of carboxylic acid groups (broad SMARTS) is 1. The van der Waals surface area contributed by atoms with Crippen LogP contribution in [0.2, 0.25) is 0 Å². The molecule has 1 saturated heterocycles. The lowest BCUT2D eigenvalue weighted by Gasteiger charge is -2.38. The minimum Gasteiger partial charge on any atom is -0.480 e. The van der Waals surface area contributed by atoms with E-state index in [0.29, 0.717) is 29.1 Å². The number of fused-ring (bicyclic) bond motifs is 1. The standard InChI is InChI=1S/C28H25F5N6O5/c1-14-12-37(2)26(41)23(35-14)17-4-3-15(39-6-5-34-24(17)39)11-20(27(42)43)36-25(40)22-18(29)9-16(10-19(22)30)38-7-8-44-13-21(38)28(31,32)33/h3-6,9-10,12,20-21H,7-8,11,13H2,1-2H3,(H,36,40)(H,42,43)/t20-,21+/m0/s1. The lowest BCUT2D eigenvalue weighted by Crippen LogP contribution is -2.53. The summed E-state index contributed by atoms with van der Waals surface area (Å²) in [6.45, 7) is 0.563. The number of hydrogen-bond acceptors (Lipinski definition) is 7. The second-order valence-electron chi connectivity index (χ2n) is 10.2. The Kier molecular flexibility index (Phi) is 8.11. The third kappa shape index (κ3) is 5.84. The van der Waals surface area contributed by atoms with Crippen molar-refractivity contribution in [2.75, 3.05) is 24.7 Å². The number of nitrogens with one attached hydrogen (secondary N) is 1. The first-order valence-electron chi connectivity index (χ1n) is 13.2. The second-order valence-corrected chi connectivity index (χ2v) is 10.2. The molecule has 0 bridgehead atoms. The number of aliphatic carboxylic acids is 1. The number of anilines is 1. The summed E-state index contributed by atoms with van der Waals surface area (Å²) >= 11 is 0. The number of rotatable bonds is 7. The average Bonchev–Trinajstić information content (AvgIpc) is 3.44. The van der Waals surface area contributed by atoms with E-state index in [-0.39, 0.29) is 36.5 Å². The molecule has 4 aromatic rings. The van der Waals surface area contributed by atoms with Crippen molar-refractivity contribution in [1.82, 2.24) is 24.3 Å². The van der Waals surface area contributed by atoms with E-state index >= 15 is 8.78 Å². The number of halogens is 5. The number of carboxylic acids is 1. The molecule has 1 amide bonds. The minimum atomic E-state index is -4.75. The van der Waals surface area contributed by atoms with Gasteiger partial charge in [0.05, 0.1) is 18.9 Å². The smallest absolute Gasteiger partial charge is 0.411 e. The number of alkyl halides is 3. The maximum Gasteiger partial charge on any atom is 0.411 e. The Morgan fingerprint density at radius 2 is 1.91 bits per heavy atom. The van der Waals surface area contributed by atoms with Crippen molar-refractivity contribution in [2.24, 2.45) is 7.05 Å². The molecule has 2 atom stereocenters. The van der Waals surface area contributed by atoms with E-state index in [2.05, 4.69) is 15.3 Å². The van der Waals surface area contributed by atoms with Crippen LogP contribution < -0.4 is 15.8 Å². The van der Waals surface area contributed by atoms with Crippen molar-refractivity contribution in [2.45, 2.75) is 31.6 Å². The second kappa shape index (κ2) is 11.7.